The maximum absolute atomic E-state index is 13.1. The molecule has 3 fully saturated rings. The smallest absolute Gasteiger partial charge is 0.244 e. The first kappa shape index (κ1) is 27.9. The lowest BCUT2D eigenvalue weighted by Crippen LogP contribution is -2.40. The van der Waals surface area contributed by atoms with Gasteiger partial charge in [0.05, 0.1) is 20.8 Å². The van der Waals surface area contributed by atoms with Gasteiger partial charge in [-0.1, -0.05) is 34.8 Å². The van der Waals surface area contributed by atoms with Crippen LogP contribution >= 0.6 is 34.8 Å². The van der Waals surface area contributed by atoms with Gasteiger partial charge < -0.3 is 4.90 Å². The van der Waals surface area contributed by atoms with E-state index < -0.39 is 20.0 Å². The lowest BCUT2D eigenvalue weighted by Gasteiger charge is -2.32. The molecule has 3 saturated heterocycles. The van der Waals surface area contributed by atoms with Gasteiger partial charge in [-0.2, -0.15) is 4.31 Å². The summed E-state index contributed by atoms with van der Waals surface area (Å²) in [4.78, 5) is 2.44. The van der Waals surface area contributed by atoms with Crippen LogP contribution in [0, 0.1) is 11.8 Å². The summed E-state index contributed by atoms with van der Waals surface area (Å²) in [5.41, 5.74) is 0. The molecule has 0 amide bonds. The number of rotatable bonds is 9. The standard InChI is InChI=1S/C23H34Cl3N3O4S2/c24-20-15-22(26)23(16-21(20)25)35(32,33)29-13-6-19(17-29)7-14-34(30,31)28-11-4-18(5-12-28)3-10-27-8-1-2-9-27/h15-16,18-19H,1-14,17H2. The van der Waals surface area contributed by atoms with Crippen molar-refractivity contribution in [2.24, 2.45) is 11.8 Å². The van der Waals surface area contributed by atoms with Gasteiger partial charge >= 0.3 is 0 Å². The number of nitrogens with zero attached hydrogens (tertiary/aromatic N) is 3. The number of hydrogen-bond acceptors (Lipinski definition) is 5. The maximum atomic E-state index is 13.1. The molecule has 12 heteroatoms. The molecule has 3 aliphatic rings. The summed E-state index contributed by atoms with van der Waals surface area (Å²) >= 11 is 18.1. The Morgan fingerprint density at radius 2 is 1.34 bits per heavy atom. The Balaban J connectivity index is 1.25. The molecular weight excluding hydrogens is 553 g/mol. The third-order valence-corrected chi connectivity index (χ3v) is 12.6. The summed E-state index contributed by atoms with van der Waals surface area (Å²) in [6.45, 7) is 5.31. The van der Waals surface area contributed by atoms with Crippen molar-refractivity contribution in [1.29, 1.82) is 0 Å². The molecule has 4 rings (SSSR count). The molecule has 0 bridgehead atoms. The zero-order valence-electron chi connectivity index (χ0n) is 19.8. The molecule has 35 heavy (non-hydrogen) atoms. The van der Waals surface area contributed by atoms with Crippen LogP contribution in [0.2, 0.25) is 15.1 Å². The molecule has 0 spiro atoms. The molecule has 0 aromatic heterocycles. The second-order valence-electron chi connectivity index (χ2n) is 10.00. The molecule has 1 aromatic rings. The van der Waals surface area contributed by atoms with Crippen molar-refractivity contribution >= 4 is 54.8 Å². The first-order valence-corrected chi connectivity index (χ1v) is 16.6. The minimum atomic E-state index is -3.84. The van der Waals surface area contributed by atoms with Gasteiger partial charge in [0.25, 0.3) is 0 Å². The quantitative estimate of drug-likeness (QED) is 0.396. The first-order valence-electron chi connectivity index (χ1n) is 12.4. The molecule has 1 aromatic carbocycles. The SMILES string of the molecule is O=S(=O)(CCC1CCN(S(=O)(=O)c2cc(Cl)c(Cl)cc2Cl)C1)N1CCC(CCN2CCCC2)CC1. The average Bonchev–Trinajstić information content (AvgIpc) is 3.51. The van der Waals surface area contributed by atoms with Crippen LogP contribution in [-0.2, 0) is 20.0 Å². The lowest BCUT2D eigenvalue weighted by molar-refractivity contribution is 0.231. The maximum Gasteiger partial charge on any atom is 0.244 e. The Hall–Kier alpha value is -0.130. The third-order valence-electron chi connectivity index (χ3n) is 7.64. The molecular formula is C23H34Cl3N3O4S2. The highest BCUT2D eigenvalue weighted by Crippen LogP contribution is 2.35. The van der Waals surface area contributed by atoms with Crippen molar-refractivity contribution in [3.63, 3.8) is 0 Å². The van der Waals surface area contributed by atoms with E-state index in [1.165, 1.54) is 42.4 Å². The van der Waals surface area contributed by atoms with Crippen LogP contribution in [0.1, 0.15) is 44.9 Å². The van der Waals surface area contributed by atoms with Crippen LogP contribution in [0.5, 0.6) is 0 Å². The fourth-order valence-corrected chi connectivity index (χ4v) is 9.55. The molecule has 0 saturated carbocycles. The molecule has 1 unspecified atom stereocenters. The van der Waals surface area contributed by atoms with Crippen molar-refractivity contribution in [3.8, 4) is 0 Å². The molecule has 7 nitrogen and oxygen atoms in total. The van der Waals surface area contributed by atoms with Gasteiger partial charge in [0, 0.05) is 26.2 Å². The molecule has 0 N–H and O–H groups in total. The van der Waals surface area contributed by atoms with Gasteiger partial charge in [0.15, 0.2) is 0 Å². The van der Waals surface area contributed by atoms with E-state index in [9.17, 15) is 16.8 Å². The zero-order valence-corrected chi connectivity index (χ0v) is 23.7. The summed E-state index contributed by atoms with van der Waals surface area (Å²) in [5, 5.41) is 0.335. The van der Waals surface area contributed by atoms with E-state index in [-0.39, 0.29) is 38.2 Å². The number of likely N-dealkylation sites (tertiary alicyclic amines) is 1. The normalized spacial score (nSPS) is 23.9. The fourth-order valence-electron chi connectivity index (χ4n) is 5.38. The second kappa shape index (κ2) is 11.7. The minimum Gasteiger partial charge on any atom is -0.303 e. The van der Waals surface area contributed by atoms with Crippen LogP contribution < -0.4 is 0 Å². The summed E-state index contributed by atoms with van der Waals surface area (Å²) in [6, 6.07) is 2.60. The van der Waals surface area contributed by atoms with Crippen molar-refractivity contribution in [3.05, 3.63) is 27.2 Å². The van der Waals surface area contributed by atoms with E-state index in [2.05, 4.69) is 4.90 Å². The van der Waals surface area contributed by atoms with Crippen LogP contribution in [0.25, 0.3) is 0 Å². The number of sulfonamides is 2. The van der Waals surface area contributed by atoms with Crippen molar-refractivity contribution < 1.29 is 16.8 Å². The van der Waals surface area contributed by atoms with Gasteiger partial charge in [-0.3, -0.25) is 0 Å². The van der Waals surface area contributed by atoms with Gasteiger partial charge in [-0.15, -0.1) is 0 Å². The molecule has 3 aliphatic heterocycles. The first-order chi connectivity index (χ1) is 16.6. The Kier molecular flexibility index (Phi) is 9.34. The van der Waals surface area contributed by atoms with E-state index in [0.29, 0.717) is 38.4 Å². The predicted octanol–water partition coefficient (Wildman–Crippen LogP) is 4.58. The molecule has 0 radical (unpaired) electrons. The predicted molar refractivity (Wildman–Crippen MR) is 141 cm³/mol. The van der Waals surface area contributed by atoms with Crippen LogP contribution in [0.3, 0.4) is 0 Å². The van der Waals surface area contributed by atoms with Crippen molar-refractivity contribution in [2.45, 2.75) is 49.8 Å². The summed E-state index contributed by atoms with van der Waals surface area (Å²) in [6.07, 6.45) is 6.66. The molecule has 1 atom stereocenters. The molecule has 0 aliphatic carbocycles. The van der Waals surface area contributed by atoms with Crippen LogP contribution in [0.4, 0.5) is 0 Å². The van der Waals surface area contributed by atoms with Gasteiger partial charge in [0.1, 0.15) is 4.90 Å². The zero-order chi connectivity index (χ0) is 25.2. The monoisotopic (exact) mass is 585 g/mol. The minimum absolute atomic E-state index is 0.0147. The average molecular weight is 587 g/mol. The highest BCUT2D eigenvalue weighted by atomic mass is 35.5. The summed E-state index contributed by atoms with van der Waals surface area (Å²) < 4.78 is 55.1. The summed E-state index contributed by atoms with van der Waals surface area (Å²) in [7, 11) is -7.18. The van der Waals surface area contributed by atoms with E-state index in [0.717, 1.165) is 25.8 Å². The van der Waals surface area contributed by atoms with Gasteiger partial charge in [0.2, 0.25) is 20.0 Å². The summed E-state index contributed by atoms with van der Waals surface area (Å²) in [5.74, 6) is 0.639. The largest absolute Gasteiger partial charge is 0.303 e. The highest BCUT2D eigenvalue weighted by molar-refractivity contribution is 7.89. The van der Waals surface area contributed by atoms with E-state index >= 15 is 0 Å². The molecule has 3 heterocycles. The second-order valence-corrected chi connectivity index (χ2v) is 15.2. The van der Waals surface area contributed by atoms with Gasteiger partial charge in [-0.25, -0.2) is 21.1 Å². The highest BCUT2D eigenvalue weighted by Gasteiger charge is 2.35. The number of piperidine rings is 1. The Labute approximate surface area is 224 Å². The van der Waals surface area contributed by atoms with Gasteiger partial charge in [-0.05, 0) is 88.5 Å². The molecule has 198 valence electrons. The lowest BCUT2D eigenvalue weighted by atomic mass is 9.94. The van der Waals surface area contributed by atoms with Crippen LogP contribution in [0.15, 0.2) is 17.0 Å². The Bertz CT molecular complexity index is 1100. The van der Waals surface area contributed by atoms with E-state index in [1.807, 2.05) is 0 Å². The van der Waals surface area contributed by atoms with E-state index in [4.69, 9.17) is 34.8 Å². The Morgan fingerprint density at radius 1 is 0.743 bits per heavy atom. The fraction of sp³-hybridized carbons (Fsp3) is 0.739. The number of halogens is 3. The van der Waals surface area contributed by atoms with E-state index in [1.54, 1.807) is 4.31 Å². The van der Waals surface area contributed by atoms with Crippen molar-refractivity contribution in [1.82, 2.24) is 13.5 Å². The Morgan fingerprint density at radius 3 is 2.03 bits per heavy atom. The number of hydrogen-bond donors (Lipinski definition) is 0. The van der Waals surface area contributed by atoms with Crippen molar-refractivity contribution in [2.75, 3.05) is 51.6 Å². The third kappa shape index (κ3) is 6.85. The number of benzene rings is 1. The topological polar surface area (TPSA) is 78.0 Å². The van der Waals surface area contributed by atoms with Crippen LogP contribution in [-0.4, -0.2) is 81.9 Å².